The third-order valence-electron chi connectivity index (χ3n) is 4.12. The summed E-state index contributed by atoms with van der Waals surface area (Å²) in [4.78, 5) is 17.6. The number of ether oxygens (including phenoxy) is 1. The molecule has 1 aromatic heterocycles. The number of nitrogens with one attached hydrogen (secondary N) is 2. The summed E-state index contributed by atoms with van der Waals surface area (Å²) < 4.78 is 5.31. The van der Waals surface area contributed by atoms with Crippen molar-refractivity contribution in [2.45, 2.75) is 13.3 Å². The number of hydrogen-bond donors (Lipinski definition) is 2. The summed E-state index contributed by atoms with van der Waals surface area (Å²) in [6.45, 7) is 10.3. The van der Waals surface area contributed by atoms with Crippen LogP contribution in [-0.2, 0) is 4.74 Å². The minimum atomic E-state index is 0. The lowest BCUT2D eigenvalue weighted by atomic mass is 10.3. The van der Waals surface area contributed by atoms with Gasteiger partial charge < -0.3 is 20.3 Å². The molecule has 0 spiro atoms. The second kappa shape index (κ2) is 13.9. The van der Waals surface area contributed by atoms with Gasteiger partial charge in [0.15, 0.2) is 5.96 Å². The third kappa shape index (κ3) is 8.45. The number of hydrogen-bond acceptors (Lipinski definition) is 6. The van der Waals surface area contributed by atoms with Crippen molar-refractivity contribution in [3.05, 3.63) is 18.5 Å². The molecule has 0 aliphatic carbocycles. The first kappa shape index (κ1) is 22.8. The number of halogens is 1. The Kier molecular flexibility index (Phi) is 12.2. The van der Waals surface area contributed by atoms with Crippen LogP contribution < -0.4 is 15.5 Å². The Hall–Kier alpha value is -1.20. The van der Waals surface area contributed by atoms with Crippen LogP contribution in [0.4, 0.5) is 5.95 Å². The Morgan fingerprint density at radius 2 is 1.85 bits per heavy atom. The fourth-order valence-electron chi connectivity index (χ4n) is 2.74. The van der Waals surface area contributed by atoms with Gasteiger partial charge in [0.05, 0.1) is 6.61 Å². The molecule has 0 bridgehead atoms. The van der Waals surface area contributed by atoms with Crippen LogP contribution in [0, 0.1) is 0 Å². The third-order valence-corrected chi connectivity index (χ3v) is 4.12. The van der Waals surface area contributed by atoms with Crippen molar-refractivity contribution in [1.82, 2.24) is 25.5 Å². The summed E-state index contributed by atoms with van der Waals surface area (Å²) in [5, 5.41) is 6.59. The maximum atomic E-state index is 5.31. The van der Waals surface area contributed by atoms with Gasteiger partial charge in [-0.15, -0.1) is 24.0 Å². The number of aromatic nitrogens is 2. The van der Waals surface area contributed by atoms with Gasteiger partial charge in [-0.1, -0.05) is 0 Å². The van der Waals surface area contributed by atoms with Crippen LogP contribution in [0.2, 0.25) is 0 Å². The summed E-state index contributed by atoms with van der Waals surface area (Å²) in [5.41, 5.74) is 0. The second-order valence-electron chi connectivity index (χ2n) is 5.85. The molecule has 0 aromatic carbocycles. The number of nitrogens with zero attached hydrogens (tertiary/aromatic N) is 5. The Balaban J connectivity index is 0.00000338. The quantitative estimate of drug-likeness (QED) is 0.236. The van der Waals surface area contributed by atoms with Crippen molar-refractivity contribution in [2.24, 2.45) is 4.99 Å². The van der Waals surface area contributed by atoms with Crippen LogP contribution in [0.3, 0.4) is 0 Å². The number of guanidine groups is 1. The van der Waals surface area contributed by atoms with Crippen molar-refractivity contribution in [2.75, 3.05) is 71.0 Å². The van der Waals surface area contributed by atoms with E-state index in [9.17, 15) is 0 Å². The Morgan fingerprint density at radius 1 is 1.15 bits per heavy atom. The molecule has 1 aliphatic heterocycles. The largest absolute Gasteiger partial charge is 0.380 e. The first-order valence-electron chi connectivity index (χ1n) is 9.10. The molecule has 0 radical (unpaired) electrons. The summed E-state index contributed by atoms with van der Waals surface area (Å²) in [6, 6.07) is 1.85. The average Bonchev–Trinajstić information content (AvgIpc) is 2.68. The van der Waals surface area contributed by atoms with E-state index in [1.807, 2.05) is 13.0 Å². The van der Waals surface area contributed by atoms with E-state index < -0.39 is 0 Å². The molecule has 0 atom stereocenters. The van der Waals surface area contributed by atoms with E-state index in [1.165, 1.54) is 0 Å². The van der Waals surface area contributed by atoms with E-state index in [-0.39, 0.29) is 24.0 Å². The molecule has 0 saturated carbocycles. The van der Waals surface area contributed by atoms with E-state index in [0.29, 0.717) is 6.61 Å². The zero-order valence-electron chi connectivity index (χ0n) is 15.9. The number of aliphatic imine (C=N–C) groups is 1. The van der Waals surface area contributed by atoms with Crippen molar-refractivity contribution in [1.29, 1.82) is 0 Å². The molecular formula is C17H32IN7O. The van der Waals surface area contributed by atoms with E-state index in [4.69, 9.17) is 4.74 Å². The Bertz CT molecular complexity index is 495. The average molecular weight is 477 g/mol. The molecule has 2 rings (SSSR count). The number of anilines is 1. The SMILES string of the molecule is CCOCCNC(=NC)NCCCN1CCN(c2ncccn2)CC1.I. The molecule has 26 heavy (non-hydrogen) atoms. The summed E-state index contributed by atoms with van der Waals surface area (Å²) >= 11 is 0. The Labute approximate surface area is 173 Å². The number of piperazine rings is 1. The molecule has 9 heteroatoms. The summed E-state index contributed by atoms with van der Waals surface area (Å²) in [5.74, 6) is 1.68. The molecule has 1 fully saturated rings. The van der Waals surface area contributed by atoms with Gasteiger partial charge in [0.25, 0.3) is 0 Å². The zero-order chi connectivity index (χ0) is 17.7. The first-order chi connectivity index (χ1) is 12.3. The van der Waals surface area contributed by atoms with Gasteiger partial charge >= 0.3 is 0 Å². The van der Waals surface area contributed by atoms with E-state index in [0.717, 1.165) is 70.7 Å². The topological polar surface area (TPSA) is 77.9 Å². The summed E-state index contributed by atoms with van der Waals surface area (Å²) in [6.07, 6.45) is 4.69. The monoisotopic (exact) mass is 477 g/mol. The van der Waals surface area contributed by atoms with Crippen LogP contribution in [0.1, 0.15) is 13.3 Å². The highest BCUT2D eigenvalue weighted by molar-refractivity contribution is 14.0. The smallest absolute Gasteiger partial charge is 0.225 e. The van der Waals surface area contributed by atoms with Crippen molar-refractivity contribution < 1.29 is 4.74 Å². The molecule has 2 N–H and O–H groups in total. The molecule has 1 saturated heterocycles. The maximum Gasteiger partial charge on any atom is 0.225 e. The van der Waals surface area contributed by atoms with Gasteiger partial charge in [0.2, 0.25) is 5.95 Å². The number of rotatable bonds is 9. The van der Waals surface area contributed by atoms with Gasteiger partial charge in [-0.2, -0.15) is 0 Å². The highest BCUT2D eigenvalue weighted by Gasteiger charge is 2.18. The molecule has 1 aromatic rings. The second-order valence-corrected chi connectivity index (χ2v) is 5.85. The Morgan fingerprint density at radius 3 is 2.50 bits per heavy atom. The van der Waals surface area contributed by atoms with Crippen LogP contribution in [0.25, 0.3) is 0 Å². The lowest BCUT2D eigenvalue weighted by Gasteiger charge is -2.34. The predicted molar refractivity (Wildman–Crippen MR) is 117 cm³/mol. The highest BCUT2D eigenvalue weighted by atomic mass is 127. The standard InChI is InChI=1S/C17H31N7O.HI/c1-3-25-15-9-20-16(18-2)19-8-5-10-23-11-13-24(14-12-23)17-21-6-4-7-22-17;/h4,6-7H,3,5,8-15H2,1-2H3,(H2,18,19,20);1H. The molecule has 8 nitrogen and oxygen atoms in total. The lowest BCUT2D eigenvalue weighted by Crippen LogP contribution is -2.47. The van der Waals surface area contributed by atoms with Gasteiger partial charge in [-0.25, -0.2) is 9.97 Å². The molecular weight excluding hydrogens is 445 g/mol. The molecule has 1 aliphatic rings. The van der Waals surface area contributed by atoms with Crippen LogP contribution in [0.5, 0.6) is 0 Å². The lowest BCUT2D eigenvalue weighted by molar-refractivity contribution is 0.152. The van der Waals surface area contributed by atoms with Crippen molar-refractivity contribution in [3.8, 4) is 0 Å². The molecule has 0 unspecified atom stereocenters. The predicted octanol–water partition coefficient (Wildman–Crippen LogP) is 0.808. The van der Waals surface area contributed by atoms with Crippen LogP contribution in [0.15, 0.2) is 23.5 Å². The van der Waals surface area contributed by atoms with E-state index in [2.05, 4.69) is 35.4 Å². The normalized spacial score (nSPS) is 15.5. The van der Waals surface area contributed by atoms with Gasteiger partial charge in [0.1, 0.15) is 0 Å². The summed E-state index contributed by atoms with van der Waals surface area (Å²) in [7, 11) is 1.79. The van der Waals surface area contributed by atoms with Gasteiger partial charge in [-0.3, -0.25) is 9.89 Å². The molecule has 148 valence electrons. The maximum absolute atomic E-state index is 5.31. The minimum Gasteiger partial charge on any atom is -0.380 e. The zero-order valence-corrected chi connectivity index (χ0v) is 18.2. The fraction of sp³-hybridized carbons (Fsp3) is 0.706. The van der Waals surface area contributed by atoms with E-state index in [1.54, 1.807) is 19.4 Å². The van der Waals surface area contributed by atoms with Crippen molar-refractivity contribution >= 4 is 35.9 Å². The van der Waals surface area contributed by atoms with E-state index >= 15 is 0 Å². The van der Waals surface area contributed by atoms with Gasteiger partial charge in [-0.05, 0) is 26.0 Å². The highest BCUT2D eigenvalue weighted by Crippen LogP contribution is 2.09. The molecule has 0 amide bonds. The van der Waals surface area contributed by atoms with Gasteiger partial charge in [0, 0.05) is 65.3 Å². The fourth-order valence-corrected chi connectivity index (χ4v) is 2.74. The van der Waals surface area contributed by atoms with Crippen LogP contribution in [-0.4, -0.2) is 86.9 Å². The van der Waals surface area contributed by atoms with Crippen molar-refractivity contribution in [3.63, 3.8) is 0 Å². The first-order valence-corrected chi connectivity index (χ1v) is 9.10. The molecule has 2 heterocycles. The van der Waals surface area contributed by atoms with Crippen LogP contribution >= 0.6 is 24.0 Å². The minimum absolute atomic E-state index is 0.